The maximum absolute atomic E-state index is 11.5. The fraction of sp³-hybridized carbons (Fsp3) is 0.692. The number of amides is 1. The van der Waals surface area contributed by atoms with Gasteiger partial charge in [0.25, 0.3) is 0 Å². The monoisotopic (exact) mass is 289 g/mol. The van der Waals surface area contributed by atoms with E-state index in [2.05, 4.69) is 11.9 Å². The normalized spacial score (nSPS) is 12.6. The first kappa shape index (κ1) is 17.8. The van der Waals surface area contributed by atoms with E-state index in [4.69, 9.17) is 9.84 Å². The number of carbonyl (C=O) groups excluding carboxylic acids is 1. The van der Waals surface area contributed by atoms with Crippen LogP contribution < -0.4 is 5.32 Å². The van der Waals surface area contributed by atoms with Crippen molar-refractivity contribution in [3.05, 3.63) is 12.2 Å². The Kier molecular flexibility index (Phi) is 7.59. The fourth-order valence-corrected chi connectivity index (χ4v) is 2.12. The van der Waals surface area contributed by atoms with Crippen LogP contribution in [0.25, 0.3) is 0 Å². The number of carbonyl (C=O) groups is 2. The molecule has 6 heteroatoms. The minimum absolute atomic E-state index is 0.285. The fourth-order valence-electron chi connectivity index (χ4n) is 1.05. The van der Waals surface area contributed by atoms with Gasteiger partial charge in [-0.1, -0.05) is 19.1 Å². The second kappa shape index (κ2) is 8.09. The SMILES string of the molecule is C=C(CC)CSCC(NC(=O)OC(C)(C)C)C(=O)O. The largest absolute Gasteiger partial charge is 0.480 e. The molecule has 0 heterocycles. The summed E-state index contributed by atoms with van der Waals surface area (Å²) in [6.45, 7) is 11.0. The van der Waals surface area contributed by atoms with Gasteiger partial charge in [-0.25, -0.2) is 9.59 Å². The van der Waals surface area contributed by atoms with Gasteiger partial charge in [-0.3, -0.25) is 0 Å². The van der Waals surface area contributed by atoms with Crippen LogP contribution in [0, 0.1) is 0 Å². The molecular formula is C13H23NO4S. The number of alkyl carbamates (subject to hydrolysis) is 1. The predicted octanol–water partition coefficient (Wildman–Crippen LogP) is 2.66. The third-order valence-electron chi connectivity index (χ3n) is 2.08. The lowest BCUT2D eigenvalue weighted by Crippen LogP contribution is -2.45. The summed E-state index contributed by atoms with van der Waals surface area (Å²) in [5.41, 5.74) is 0.406. The Balaban J connectivity index is 4.23. The van der Waals surface area contributed by atoms with Gasteiger partial charge in [0.15, 0.2) is 0 Å². The highest BCUT2D eigenvalue weighted by atomic mass is 32.2. The highest BCUT2D eigenvalue weighted by molar-refractivity contribution is 7.99. The van der Waals surface area contributed by atoms with E-state index in [1.54, 1.807) is 20.8 Å². The van der Waals surface area contributed by atoms with Gasteiger partial charge in [0.1, 0.15) is 11.6 Å². The molecule has 0 saturated heterocycles. The second-order valence-corrected chi connectivity index (χ2v) is 6.19. The summed E-state index contributed by atoms with van der Waals surface area (Å²) in [7, 11) is 0. The summed E-state index contributed by atoms with van der Waals surface area (Å²) < 4.78 is 5.03. The summed E-state index contributed by atoms with van der Waals surface area (Å²) >= 11 is 1.43. The molecule has 19 heavy (non-hydrogen) atoms. The van der Waals surface area contributed by atoms with Crippen LogP contribution in [-0.4, -0.2) is 40.3 Å². The molecule has 1 atom stereocenters. The summed E-state index contributed by atoms with van der Waals surface area (Å²) in [4.78, 5) is 22.5. The van der Waals surface area contributed by atoms with E-state index in [1.807, 2.05) is 6.92 Å². The molecule has 0 rings (SSSR count). The van der Waals surface area contributed by atoms with Gasteiger partial charge >= 0.3 is 12.1 Å². The van der Waals surface area contributed by atoms with Crippen molar-refractivity contribution in [1.82, 2.24) is 5.32 Å². The molecule has 0 aromatic heterocycles. The van der Waals surface area contributed by atoms with Crippen LogP contribution in [-0.2, 0) is 9.53 Å². The van der Waals surface area contributed by atoms with Crippen molar-refractivity contribution in [2.75, 3.05) is 11.5 Å². The smallest absolute Gasteiger partial charge is 0.408 e. The molecule has 1 unspecified atom stereocenters. The molecule has 5 nitrogen and oxygen atoms in total. The van der Waals surface area contributed by atoms with Crippen molar-refractivity contribution in [2.45, 2.75) is 45.8 Å². The van der Waals surface area contributed by atoms with Gasteiger partial charge < -0.3 is 15.2 Å². The molecule has 0 spiro atoms. The number of nitrogens with one attached hydrogen (secondary N) is 1. The minimum atomic E-state index is -1.07. The molecule has 0 aliphatic heterocycles. The number of aliphatic carboxylic acids is 1. The van der Waals surface area contributed by atoms with E-state index in [1.165, 1.54) is 11.8 Å². The van der Waals surface area contributed by atoms with Gasteiger partial charge in [0.05, 0.1) is 0 Å². The molecule has 1 amide bonds. The molecule has 0 aromatic carbocycles. The number of carboxylic acids is 1. The van der Waals surface area contributed by atoms with E-state index < -0.39 is 23.7 Å². The van der Waals surface area contributed by atoms with Gasteiger partial charge in [-0.05, 0) is 27.2 Å². The van der Waals surface area contributed by atoms with Gasteiger partial charge in [-0.2, -0.15) is 11.8 Å². The topological polar surface area (TPSA) is 75.6 Å². The second-order valence-electron chi connectivity index (χ2n) is 5.16. The lowest BCUT2D eigenvalue weighted by Gasteiger charge is -2.21. The van der Waals surface area contributed by atoms with E-state index in [9.17, 15) is 9.59 Å². The molecule has 0 aliphatic rings. The molecule has 2 N–H and O–H groups in total. The average molecular weight is 289 g/mol. The van der Waals surface area contributed by atoms with Crippen molar-refractivity contribution in [2.24, 2.45) is 0 Å². The molecular weight excluding hydrogens is 266 g/mol. The van der Waals surface area contributed by atoms with E-state index in [0.717, 1.165) is 12.0 Å². The number of ether oxygens (including phenoxy) is 1. The van der Waals surface area contributed by atoms with Crippen molar-refractivity contribution < 1.29 is 19.4 Å². The van der Waals surface area contributed by atoms with Crippen molar-refractivity contribution in [1.29, 1.82) is 0 Å². The van der Waals surface area contributed by atoms with Crippen molar-refractivity contribution in [3.8, 4) is 0 Å². The number of rotatable bonds is 7. The van der Waals surface area contributed by atoms with Crippen LogP contribution in [0.1, 0.15) is 34.1 Å². The molecule has 0 radical (unpaired) electrons. The Morgan fingerprint density at radius 1 is 1.42 bits per heavy atom. The lowest BCUT2D eigenvalue weighted by molar-refractivity contribution is -0.138. The van der Waals surface area contributed by atoms with E-state index in [0.29, 0.717) is 5.75 Å². The van der Waals surface area contributed by atoms with Crippen LogP contribution >= 0.6 is 11.8 Å². The third kappa shape index (κ3) is 9.41. The molecule has 0 aliphatic carbocycles. The number of hydrogen-bond donors (Lipinski definition) is 2. The first-order valence-electron chi connectivity index (χ1n) is 6.12. The van der Waals surface area contributed by atoms with Gasteiger partial charge in [0, 0.05) is 11.5 Å². The zero-order chi connectivity index (χ0) is 15.1. The van der Waals surface area contributed by atoms with Gasteiger partial charge in [0.2, 0.25) is 0 Å². The Morgan fingerprint density at radius 3 is 2.42 bits per heavy atom. The maximum Gasteiger partial charge on any atom is 0.408 e. The summed E-state index contributed by atoms with van der Waals surface area (Å²) in [6, 6.07) is -0.954. The maximum atomic E-state index is 11.5. The van der Waals surface area contributed by atoms with Gasteiger partial charge in [-0.15, -0.1) is 0 Å². The standard InChI is InChI=1S/C13H23NO4S/c1-6-9(2)7-19-8-10(11(15)16)14-12(17)18-13(3,4)5/h10H,2,6-8H2,1,3-5H3,(H,14,17)(H,15,16). The number of carboxylic acid groups (broad SMARTS) is 1. The summed E-state index contributed by atoms with van der Waals surface area (Å²) in [5.74, 6) is -0.0929. The first-order valence-corrected chi connectivity index (χ1v) is 7.28. The van der Waals surface area contributed by atoms with E-state index >= 15 is 0 Å². The molecule has 0 bridgehead atoms. The third-order valence-corrected chi connectivity index (χ3v) is 3.26. The van der Waals surface area contributed by atoms with Crippen LogP contribution in [0.5, 0.6) is 0 Å². The molecule has 0 aromatic rings. The molecule has 110 valence electrons. The summed E-state index contributed by atoms with van der Waals surface area (Å²) in [6.07, 6.45) is 0.152. The first-order chi connectivity index (χ1) is 8.65. The van der Waals surface area contributed by atoms with Crippen LogP contribution in [0.3, 0.4) is 0 Å². The zero-order valence-electron chi connectivity index (χ0n) is 12.0. The van der Waals surface area contributed by atoms with Crippen molar-refractivity contribution >= 4 is 23.8 Å². The van der Waals surface area contributed by atoms with Crippen LogP contribution in [0.2, 0.25) is 0 Å². The molecule has 0 saturated carbocycles. The predicted molar refractivity (Wildman–Crippen MR) is 77.5 cm³/mol. The minimum Gasteiger partial charge on any atom is -0.480 e. The average Bonchev–Trinajstić information content (AvgIpc) is 2.24. The highest BCUT2D eigenvalue weighted by Gasteiger charge is 2.23. The Morgan fingerprint density at radius 2 is 2.00 bits per heavy atom. The van der Waals surface area contributed by atoms with Crippen molar-refractivity contribution in [3.63, 3.8) is 0 Å². The van der Waals surface area contributed by atoms with Crippen LogP contribution in [0.15, 0.2) is 12.2 Å². The Hall–Kier alpha value is -1.17. The Bertz CT molecular complexity index is 336. The highest BCUT2D eigenvalue weighted by Crippen LogP contribution is 2.11. The van der Waals surface area contributed by atoms with E-state index in [-0.39, 0.29) is 5.75 Å². The Labute approximate surface area is 118 Å². The molecule has 0 fully saturated rings. The quantitative estimate of drug-likeness (QED) is 0.705. The number of thioether (sulfide) groups is 1. The van der Waals surface area contributed by atoms with Crippen LogP contribution in [0.4, 0.5) is 4.79 Å². The zero-order valence-corrected chi connectivity index (χ0v) is 12.8. The number of hydrogen-bond acceptors (Lipinski definition) is 4. The lowest BCUT2D eigenvalue weighted by atomic mass is 10.2. The summed E-state index contributed by atoms with van der Waals surface area (Å²) in [5, 5.41) is 11.4.